The normalized spacial score (nSPS) is 11.5. The maximum Gasteiger partial charge on any atom is 0.361 e. The molecule has 0 aliphatic heterocycles. The quantitative estimate of drug-likeness (QED) is 0.397. The van der Waals surface area contributed by atoms with Gasteiger partial charge in [-0.15, -0.1) is 10.2 Å². The fraction of sp³-hybridized carbons (Fsp3) is 0.107. The number of hydrogen-bond acceptors (Lipinski definition) is 5. The Labute approximate surface area is 207 Å². The number of halogens is 1. The molecule has 0 spiro atoms. The summed E-state index contributed by atoms with van der Waals surface area (Å²) in [5.74, 6) is 1.70. The van der Waals surface area contributed by atoms with E-state index in [0.29, 0.717) is 0 Å². The van der Waals surface area contributed by atoms with Crippen molar-refractivity contribution in [1.82, 2.24) is 0 Å². The standard InChI is InChI=1S/C28H26NO.ClHO4/c1-21(22-14-16-26(17-15-22)29(2)3)18-27-19-25(23-10-6-4-7-11-23)20-28(30-27)24-12-8-5-9-13-24;2-1(3,4)5/h4-20H,1-3H3;(H,2,3,4,5)/q+1;/p-1. The first-order valence-corrected chi connectivity index (χ1v) is 12.0. The zero-order valence-corrected chi connectivity index (χ0v) is 20.4. The first-order chi connectivity index (χ1) is 16.6. The fourth-order valence-corrected chi connectivity index (χ4v) is 3.45. The van der Waals surface area contributed by atoms with E-state index < -0.39 is 10.2 Å². The summed E-state index contributed by atoms with van der Waals surface area (Å²) in [5.41, 5.74) is 6.91. The van der Waals surface area contributed by atoms with Crippen molar-refractivity contribution in [3.05, 3.63) is 108 Å². The lowest BCUT2D eigenvalue weighted by molar-refractivity contribution is -2.00. The lowest BCUT2D eigenvalue weighted by Crippen LogP contribution is -2.68. The number of nitrogens with zero attached hydrogens (tertiary/aromatic N) is 1. The largest absolute Gasteiger partial charge is 0.378 e. The van der Waals surface area contributed by atoms with E-state index in [9.17, 15) is 0 Å². The van der Waals surface area contributed by atoms with Gasteiger partial charge in [-0.05, 0) is 47.9 Å². The molecule has 0 N–H and O–H groups in total. The topological polar surface area (TPSA) is 107 Å². The van der Waals surface area contributed by atoms with Crippen molar-refractivity contribution in [3.63, 3.8) is 0 Å². The first kappa shape index (κ1) is 26.1. The number of rotatable bonds is 5. The van der Waals surface area contributed by atoms with Crippen LogP contribution in [0.2, 0.25) is 0 Å². The molecule has 0 saturated heterocycles. The van der Waals surface area contributed by atoms with Crippen molar-refractivity contribution in [3.8, 4) is 22.5 Å². The van der Waals surface area contributed by atoms with Gasteiger partial charge in [-0.2, -0.15) is 0 Å². The van der Waals surface area contributed by atoms with Gasteiger partial charge < -0.3 is 4.90 Å². The molecule has 1 aromatic heterocycles. The Hall–Kier alpha value is -3.52. The third-order valence-electron chi connectivity index (χ3n) is 5.18. The highest BCUT2D eigenvalue weighted by Crippen LogP contribution is 2.30. The van der Waals surface area contributed by atoms with Gasteiger partial charge in [-0.3, -0.25) is 0 Å². The molecular formula is C28H26ClNO5. The van der Waals surface area contributed by atoms with E-state index in [-0.39, 0.29) is 0 Å². The molecule has 7 heteroatoms. The third-order valence-corrected chi connectivity index (χ3v) is 5.18. The Morgan fingerprint density at radius 1 is 0.714 bits per heavy atom. The van der Waals surface area contributed by atoms with Crippen LogP contribution in [0, 0.1) is 10.2 Å². The smallest absolute Gasteiger partial charge is 0.361 e. The van der Waals surface area contributed by atoms with Crippen molar-refractivity contribution in [2.75, 3.05) is 19.0 Å². The summed E-state index contributed by atoms with van der Waals surface area (Å²) in [5, 5.41) is 0. The zero-order chi connectivity index (χ0) is 25.4. The third kappa shape index (κ3) is 8.33. The molecule has 0 radical (unpaired) electrons. The average Bonchev–Trinajstić information content (AvgIpc) is 2.84. The SMILES string of the molecule is CC(=Cc1cc(-c2ccccc2)cc(-c2ccccc2)[o+]1)c1ccc(N(C)C)cc1.[O-][Cl+3]([O-])([O-])[O-]. The second-order valence-electron chi connectivity index (χ2n) is 7.99. The molecule has 4 rings (SSSR count). The highest BCUT2D eigenvalue weighted by Gasteiger charge is 2.18. The molecule has 180 valence electrons. The highest BCUT2D eigenvalue weighted by molar-refractivity contribution is 5.81. The lowest BCUT2D eigenvalue weighted by atomic mass is 10.0. The van der Waals surface area contributed by atoms with Crippen LogP contribution < -0.4 is 23.5 Å². The Morgan fingerprint density at radius 2 is 1.23 bits per heavy atom. The fourth-order valence-electron chi connectivity index (χ4n) is 3.45. The van der Waals surface area contributed by atoms with Gasteiger partial charge in [0.1, 0.15) is 0 Å². The van der Waals surface area contributed by atoms with Crippen LogP contribution in [0.1, 0.15) is 18.2 Å². The number of hydrogen-bond donors (Lipinski definition) is 0. The summed E-state index contributed by atoms with van der Waals surface area (Å²) in [6, 6.07) is 33.5. The average molecular weight is 492 g/mol. The van der Waals surface area contributed by atoms with Crippen LogP contribution in [0.15, 0.2) is 101 Å². The van der Waals surface area contributed by atoms with Crippen molar-refractivity contribution in [2.24, 2.45) is 0 Å². The van der Waals surface area contributed by atoms with E-state index >= 15 is 0 Å². The second-order valence-corrected chi connectivity index (χ2v) is 8.75. The Balaban J connectivity index is 0.000000623. The van der Waals surface area contributed by atoms with E-state index in [4.69, 9.17) is 23.1 Å². The minimum Gasteiger partial charge on any atom is -0.378 e. The molecule has 35 heavy (non-hydrogen) atoms. The van der Waals surface area contributed by atoms with E-state index in [1.807, 2.05) is 24.3 Å². The summed E-state index contributed by atoms with van der Waals surface area (Å²) in [7, 11) is -0.840. The van der Waals surface area contributed by atoms with E-state index in [2.05, 4.69) is 105 Å². The number of allylic oxidation sites excluding steroid dienone is 1. The maximum atomic E-state index is 8.49. The molecule has 0 atom stereocenters. The maximum absolute atomic E-state index is 8.49. The molecule has 0 aliphatic rings. The van der Waals surface area contributed by atoms with Crippen LogP contribution in [0.3, 0.4) is 0 Å². The molecule has 0 fully saturated rings. The molecule has 0 aliphatic carbocycles. The van der Waals surface area contributed by atoms with Crippen molar-refractivity contribution < 1.29 is 33.3 Å². The molecule has 4 aromatic rings. The Morgan fingerprint density at radius 3 is 1.74 bits per heavy atom. The molecule has 0 unspecified atom stereocenters. The monoisotopic (exact) mass is 491 g/mol. The van der Waals surface area contributed by atoms with Crippen molar-refractivity contribution in [1.29, 1.82) is 0 Å². The Bertz CT molecular complexity index is 1190. The summed E-state index contributed by atoms with van der Waals surface area (Å²) < 4.78 is 40.3. The lowest BCUT2D eigenvalue weighted by Gasteiger charge is -2.17. The van der Waals surface area contributed by atoms with Gasteiger partial charge in [0.2, 0.25) is 0 Å². The van der Waals surface area contributed by atoms with Gasteiger partial charge in [0.25, 0.3) is 0 Å². The van der Waals surface area contributed by atoms with Gasteiger partial charge in [-0.25, -0.2) is 23.1 Å². The minimum absolute atomic E-state index is 0.837. The molecule has 1 heterocycles. The summed E-state index contributed by atoms with van der Waals surface area (Å²) in [4.78, 5) is 2.10. The zero-order valence-electron chi connectivity index (χ0n) is 19.7. The Kier molecular flexibility index (Phi) is 8.76. The molecule has 0 amide bonds. The van der Waals surface area contributed by atoms with Gasteiger partial charge in [0.15, 0.2) is 0 Å². The predicted molar refractivity (Wildman–Crippen MR) is 128 cm³/mol. The van der Waals surface area contributed by atoms with Crippen molar-refractivity contribution >= 4 is 17.3 Å². The summed E-state index contributed by atoms with van der Waals surface area (Å²) in [6.07, 6.45) is 2.11. The highest BCUT2D eigenvalue weighted by atomic mass is 35.7. The van der Waals surface area contributed by atoms with Crippen LogP contribution in [0.5, 0.6) is 0 Å². The van der Waals surface area contributed by atoms with Gasteiger partial charge >= 0.3 is 11.5 Å². The van der Waals surface area contributed by atoms with Crippen LogP contribution >= 0.6 is 0 Å². The molecule has 0 saturated carbocycles. The number of anilines is 1. The van der Waals surface area contributed by atoms with E-state index in [0.717, 1.165) is 28.2 Å². The predicted octanol–water partition coefficient (Wildman–Crippen LogP) is 2.77. The summed E-state index contributed by atoms with van der Waals surface area (Å²) in [6.45, 7) is 2.12. The van der Waals surface area contributed by atoms with Crippen LogP contribution in [-0.4, -0.2) is 14.1 Å². The molecule has 6 nitrogen and oxygen atoms in total. The van der Waals surface area contributed by atoms with Crippen molar-refractivity contribution in [2.45, 2.75) is 6.92 Å². The molecule has 0 bridgehead atoms. The number of benzene rings is 3. The van der Waals surface area contributed by atoms with Gasteiger partial charge in [0, 0.05) is 31.4 Å². The minimum atomic E-state index is -4.94. The van der Waals surface area contributed by atoms with Crippen LogP contribution in [0.25, 0.3) is 34.1 Å². The van der Waals surface area contributed by atoms with Gasteiger partial charge in [0.05, 0.1) is 17.7 Å². The first-order valence-electron chi connectivity index (χ1n) is 10.8. The summed E-state index contributed by atoms with van der Waals surface area (Å²) >= 11 is 0. The van der Waals surface area contributed by atoms with E-state index in [1.54, 1.807) is 0 Å². The van der Waals surface area contributed by atoms with E-state index in [1.165, 1.54) is 16.8 Å². The van der Waals surface area contributed by atoms with Gasteiger partial charge in [-0.1, -0.05) is 60.7 Å². The molecular weight excluding hydrogens is 466 g/mol. The van der Waals surface area contributed by atoms with Crippen LogP contribution in [0.4, 0.5) is 5.69 Å². The van der Waals surface area contributed by atoms with Crippen LogP contribution in [-0.2, 0) is 0 Å². The second kappa shape index (κ2) is 11.8. The molecule has 3 aromatic carbocycles.